The van der Waals surface area contributed by atoms with Crippen molar-refractivity contribution in [3.63, 3.8) is 0 Å². The van der Waals surface area contributed by atoms with Crippen LogP contribution < -0.4 is 4.90 Å². The first kappa shape index (κ1) is 13.3. The Kier molecular flexibility index (Phi) is 4.21. The molecule has 0 fully saturated rings. The molecule has 0 aliphatic rings. The first-order valence-electron chi connectivity index (χ1n) is 5.04. The van der Waals surface area contributed by atoms with E-state index < -0.39 is 0 Å². The van der Waals surface area contributed by atoms with E-state index in [1.807, 2.05) is 31.1 Å². The summed E-state index contributed by atoms with van der Waals surface area (Å²) < 4.78 is 0.782. The molecule has 0 aliphatic heterocycles. The maximum absolute atomic E-state index is 11.0. The second-order valence-corrected chi connectivity index (χ2v) is 6.27. The van der Waals surface area contributed by atoms with Gasteiger partial charge in [-0.05, 0) is 12.1 Å². The third kappa shape index (κ3) is 2.82. The maximum atomic E-state index is 11.0. The normalized spacial score (nSPS) is 10.4. The summed E-state index contributed by atoms with van der Waals surface area (Å²) in [7, 11) is 3.82. The van der Waals surface area contributed by atoms with Gasteiger partial charge in [-0.25, -0.2) is 0 Å². The van der Waals surface area contributed by atoms with E-state index in [1.165, 1.54) is 23.1 Å². The summed E-state index contributed by atoms with van der Waals surface area (Å²) >= 11 is 8.83. The van der Waals surface area contributed by atoms with Crippen LogP contribution in [0.3, 0.4) is 0 Å². The second kappa shape index (κ2) is 5.69. The van der Waals surface area contributed by atoms with E-state index in [4.69, 9.17) is 11.6 Å². The molecule has 0 amide bonds. The van der Waals surface area contributed by atoms with Crippen LogP contribution in [0.2, 0.25) is 5.02 Å². The third-order valence-electron chi connectivity index (χ3n) is 2.11. The van der Waals surface area contributed by atoms with E-state index >= 15 is 0 Å². The molecule has 18 heavy (non-hydrogen) atoms. The molecule has 0 N–H and O–H groups in total. The van der Waals surface area contributed by atoms with Crippen molar-refractivity contribution in [2.75, 3.05) is 19.0 Å². The lowest BCUT2D eigenvalue weighted by Gasteiger charge is -2.04. The fourth-order valence-corrected chi connectivity index (χ4v) is 3.36. The lowest BCUT2D eigenvalue weighted by Crippen LogP contribution is -2.07. The van der Waals surface area contributed by atoms with Crippen LogP contribution in [0.5, 0.6) is 0 Å². The predicted molar refractivity (Wildman–Crippen MR) is 75.2 cm³/mol. The summed E-state index contributed by atoms with van der Waals surface area (Å²) in [6.07, 6.45) is 0.762. The van der Waals surface area contributed by atoms with Crippen LogP contribution in [0.1, 0.15) is 10.4 Å². The maximum Gasteiger partial charge on any atom is 0.208 e. The Morgan fingerprint density at radius 3 is 2.78 bits per heavy atom. The highest BCUT2D eigenvalue weighted by molar-refractivity contribution is 8.01. The van der Waals surface area contributed by atoms with E-state index in [0.717, 1.165) is 20.7 Å². The minimum Gasteiger partial charge on any atom is -0.353 e. The SMILES string of the molecule is CN(C)c1nnc(Sc2cccc(Cl)c2C=O)s1. The van der Waals surface area contributed by atoms with Gasteiger partial charge in [0.2, 0.25) is 5.13 Å². The zero-order valence-corrected chi connectivity index (χ0v) is 12.1. The Labute approximate surface area is 118 Å². The Balaban J connectivity index is 2.28. The number of benzene rings is 1. The van der Waals surface area contributed by atoms with E-state index in [0.29, 0.717) is 10.6 Å². The summed E-state index contributed by atoms with van der Waals surface area (Å²) in [5, 5.41) is 9.39. The number of aromatic nitrogens is 2. The number of carbonyl (C=O) groups excluding carboxylic acids is 1. The summed E-state index contributed by atoms with van der Waals surface area (Å²) in [6.45, 7) is 0. The number of hydrogen-bond acceptors (Lipinski definition) is 6. The lowest BCUT2D eigenvalue weighted by molar-refractivity contribution is 0.112. The van der Waals surface area contributed by atoms with Crippen molar-refractivity contribution in [1.29, 1.82) is 0 Å². The first-order valence-corrected chi connectivity index (χ1v) is 7.05. The van der Waals surface area contributed by atoms with Gasteiger partial charge in [-0.2, -0.15) is 0 Å². The third-order valence-corrected chi connectivity index (χ3v) is 4.65. The van der Waals surface area contributed by atoms with Crippen molar-refractivity contribution < 1.29 is 4.79 Å². The fraction of sp³-hybridized carbons (Fsp3) is 0.182. The van der Waals surface area contributed by atoms with Crippen LogP contribution >= 0.6 is 34.7 Å². The molecule has 1 heterocycles. The zero-order chi connectivity index (χ0) is 13.1. The lowest BCUT2D eigenvalue weighted by atomic mass is 10.2. The average Bonchev–Trinajstić information content (AvgIpc) is 2.78. The molecule has 1 aromatic heterocycles. The van der Waals surface area contributed by atoms with Gasteiger partial charge >= 0.3 is 0 Å². The molecule has 0 atom stereocenters. The number of nitrogens with zero attached hydrogens (tertiary/aromatic N) is 3. The van der Waals surface area contributed by atoms with Gasteiger partial charge in [0.1, 0.15) is 0 Å². The first-order chi connectivity index (χ1) is 8.61. The van der Waals surface area contributed by atoms with Crippen LogP contribution in [0.25, 0.3) is 0 Å². The van der Waals surface area contributed by atoms with Crippen LogP contribution in [0, 0.1) is 0 Å². The Morgan fingerprint density at radius 2 is 2.17 bits per heavy atom. The summed E-state index contributed by atoms with van der Waals surface area (Å²) in [5.74, 6) is 0. The smallest absolute Gasteiger partial charge is 0.208 e. The molecule has 2 aromatic rings. The minimum absolute atomic E-state index is 0.451. The molecule has 7 heteroatoms. The summed E-state index contributed by atoms with van der Waals surface area (Å²) in [6, 6.07) is 5.35. The van der Waals surface area contributed by atoms with Crippen molar-refractivity contribution in [3.8, 4) is 0 Å². The molecule has 4 nitrogen and oxygen atoms in total. The van der Waals surface area contributed by atoms with Gasteiger partial charge in [-0.1, -0.05) is 40.8 Å². The summed E-state index contributed by atoms with van der Waals surface area (Å²) in [5.41, 5.74) is 0.491. The van der Waals surface area contributed by atoms with Gasteiger partial charge < -0.3 is 4.90 Å². The molecule has 94 valence electrons. The quantitative estimate of drug-likeness (QED) is 0.811. The van der Waals surface area contributed by atoms with Gasteiger partial charge in [0.15, 0.2) is 10.6 Å². The van der Waals surface area contributed by atoms with Gasteiger partial charge in [0, 0.05) is 24.6 Å². The van der Waals surface area contributed by atoms with Crippen LogP contribution in [-0.2, 0) is 0 Å². The van der Waals surface area contributed by atoms with Gasteiger partial charge in [-0.3, -0.25) is 4.79 Å². The number of aldehydes is 1. The molecule has 0 radical (unpaired) electrons. The van der Waals surface area contributed by atoms with Crippen molar-refractivity contribution in [2.45, 2.75) is 9.24 Å². The fourth-order valence-electron chi connectivity index (χ4n) is 1.24. The van der Waals surface area contributed by atoms with Crippen molar-refractivity contribution in [3.05, 3.63) is 28.8 Å². The molecule has 1 aromatic carbocycles. The van der Waals surface area contributed by atoms with Crippen molar-refractivity contribution in [1.82, 2.24) is 10.2 Å². The number of halogens is 1. The molecular formula is C11H10ClN3OS2. The second-order valence-electron chi connectivity index (χ2n) is 3.62. The number of rotatable bonds is 4. The van der Waals surface area contributed by atoms with Gasteiger partial charge in [0.25, 0.3) is 0 Å². The highest BCUT2D eigenvalue weighted by atomic mass is 35.5. The Hall–Kier alpha value is -1.11. The Morgan fingerprint density at radius 1 is 1.39 bits per heavy atom. The Bertz CT molecular complexity index is 571. The molecule has 0 unspecified atom stereocenters. The molecule has 0 aliphatic carbocycles. The highest BCUT2D eigenvalue weighted by Gasteiger charge is 2.11. The standard InChI is InChI=1S/C11H10ClN3OS2/c1-15(2)10-13-14-11(18-10)17-9-5-3-4-8(12)7(9)6-16/h3-6H,1-2H3. The van der Waals surface area contributed by atoms with Crippen LogP contribution in [-0.4, -0.2) is 30.6 Å². The van der Waals surface area contributed by atoms with Crippen molar-refractivity contribution in [2.24, 2.45) is 0 Å². The van der Waals surface area contributed by atoms with Crippen molar-refractivity contribution >= 4 is 46.1 Å². The number of hydrogen-bond donors (Lipinski definition) is 0. The highest BCUT2D eigenvalue weighted by Crippen LogP contribution is 2.35. The van der Waals surface area contributed by atoms with Gasteiger partial charge in [-0.15, -0.1) is 10.2 Å². The molecular weight excluding hydrogens is 290 g/mol. The molecule has 0 spiro atoms. The average molecular weight is 300 g/mol. The van der Waals surface area contributed by atoms with E-state index in [-0.39, 0.29) is 0 Å². The summed E-state index contributed by atoms with van der Waals surface area (Å²) in [4.78, 5) is 13.7. The van der Waals surface area contributed by atoms with Gasteiger partial charge in [0.05, 0.1) is 5.02 Å². The molecule has 2 rings (SSSR count). The molecule has 0 saturated carbocycles. The largest absolute Gasteiger partial charge is 0.353 e. The van der Waals surface area contributed by atoms with E-state index in [9.17, 15) is 4.79 Å². The minimum atomic E-state index is 0.451. The predicted octanol–water partition coefficient (Wildman–Crippen LogP) is 3.22. The van der Waals surface area contributed by atoms with E-state index in [1.54, 1.807) is 6.07 Å². The molecule has 0 bridgehead atoms. The molecule has 0 saturated heterocycles. The number of anilines is 1. The van der Waals surface area contributed by atoms with Crippen LogP contribution in [0.4, 0.5) is 5.13 Å². The number of carbonyl (C=O) groups is 1. The topological polar surface area (TPSA) is 46.1 Å². The zero-order valence-electron chi connectivity index (χ0n) is 9.75. The van der Waals surface area contributed by atoms with Crippen LogP contribution in [0.15, 0.2) is 27.4 Å². The monoisotopic (exact) mass is 299 g/mol. The van der Waals surface area contributed by atoms with E-state index in [2.05, 4.69) is 10.2 Å².